The monoisotopic (exact) mass is 1840 g/mol. The average molecular weight is 1840 g/mol. The molecular formula is C136H92N8. The van der Waals surface area contributed by atoms with Crippen molar-refractivity contribution in [1.82, 2.24) is 0 Å². The third-order valence-electron chi connectivity index (χ3n) is 27.9. The zero-order chi connectivity index (χ0) is 97.4. The van der Waals surface area contributed by atoms with Gasteiger partial charge in [-0.3, -0.25) is 0 Å². The van der Waals surface area contributed by atoms with Crippen LogP contribution in [0.4, 0.5) is 73.9 Å². The highest BCUT2D eigenvalue weighted by molar-refractivity contribution is 6.30. The first-order valence-corrected chi connectivity index (χ1v) is 48.5. The van der Waals surface area contributed by atoms with Gasteiger partial charge in [0.1, 0.15) is 12.1 Å². The first-order chi connectivity index (χ1) is 70.8. The van der Waals surface area contributed by atoms with E-state index in [9.17, 15) is 15.8 Å². The smallest absolute Gasteiger partial charge is 0.189 e. The molecule has 144 heavy (non-hydrogen) atoms. The van der Waals surface area contributed by atoms with E-state index in [1.807, 2.05) is 97.1 Å². The predicted molar refractivity (Wildman–Crippen MR) is 602 cm³/mol. The largest absolute Gasteiger partial charge is 0.311 e. The molecule has 0 saturated carbocycles. The summed E-state index contributed by atoms with van der Waals surface area (Å²) in [4.78, 5) is 13.1. The Kier molecular flexibility index (Phi) is 23.4. The lowest BCUT2D eigenvalue weighted by Crippen LogP contribution is -2.13. The number of anilines is 12. The quantitative estimate of drug-likeness (QED) is 0.0555. The SMILES string of the molecule is Cc1ccc(-c2cc(-c3ccccc3)cc(N(c3ccccc3C#N)c3ccc4ccc5c(N(c6cc(-c7ccccc7)cc(-c7ccc(C)cc7)c6)c6ccccc6C#N)ccc6ccc3c4c65)c2)cc1.[C-]#[N+]c1cccc(N(c2cc(-c3ccccc3)cc(-c3ccc(C)cc3)c2)c2ccc3ccc4c(N(c5cccc(C#N)c5)c5cc(-c6ccccc6)cc(-c6ccc(C)cc6)c5)ccc5ccc2c3c54)c1. The Morgan fingerprint density at radius 3 is 0.722 bits per heavy atom. The van der Waals surface area contributed by atoms with Crippen LogP contribution >= 0.6 is 0 Å². The van der Waals surface area contributed by atoms with Crippen LogP contribution in [0.25, 0.3) is 158 Å². The Morgan fingerprint density at radius 2 is 0.438 bits per heavy atom. The van der Waals surface area contributed by atoms with E-state index in [1.54, 1.807) is 0 Å². The third kappa shape index (κ3) is 17.0. The fraction of sp³-hybridized carbons (Fsp3) is 0.0294. The number of hydrogen-bond acceptors (Lipinski definition) is 7. The van der Waals surface area contributed by atoms with Crippen LogP contribution in [0.1, 0.15) is 38.9 Å². The summed E-state index contributed by atoms with van der Waals surface area (Å²) in [5, 5.41) is 45.1. The maximum atomic E-state index is 10.8. The van der Waals surface area contributed by atoms with Crippen molar-refractivity contribution in [2.24, 2.45) is 0 Å². The van der Waals surface area contributed by atoms with E-state index < -0.39 is 0 Å². The highest BCUT2D eigenvalue weighted by Crippen LogP contribution is 2.54. The molecule has 0 spiro atoms. The molecule has 0 aliphatic rings. The van der Waals surface area contributed by atoms with Crippen LogP contribution in [0.5, 0.6) is 0 Å². The highest BCUT2D eigenvalue weighted by atomic mass is 15.2. The van der Waals surface area contributed by atoms with Crippen molar-refractivity contribution in [2.45, 2.75) is 27.7 Å². The van der Waals surface area contributed by atoms with E-state index in [0.717, 1.165) is 222 Å². The molecule has 0 aliphatic heterocycles. The Hall–Kier alpha value is -19.5. The normalized spacial score (nSPS) is 11.2. The average Bonchev–Trinajstić information content (AvgIpc) is 0.719. The van der Waals surface area contributed by atoms with Crippen LogP contribution in [0, 0.1) is 68.3 Å². The fourth-order valence-corrected chi connectivity index (χ4v) is 20.7. The molecule has 0 radical (unpaired) electrons. The van der Waals surface area contributed by atoms with Crippen LogP contribution in [0.2, 0.25) is 0 Å². The maximum absolute atomic E-state index is 10.8. The number of nitriles is 3. The van der Waals surface area contributed by atoms with Gasteiger partial charge in [-0.25, -0.2) is 4.85 Å². The minimum absolute atomic E-state index is 0.570. The van der Waals surface area contributed by atoms with Crippen molar-refractivity contribution >= 4 is 139 Å². The summed E-state index contributed by atoms with van der Waals surface area (Å²) in [6.07, 6.45) is 0. The standard InChI is InChI=1S/2C68H46N4/c1-45-20-24-50(25-21-45)56-37-54(48-13-6-4-7-14-48)39-61(41-56)71(59-18-10-12-47(36-59)44-69)65-34-30-52-29-33-64-66(35-31-53-28-32-63(65)67(52)68(53)64)72(60-19-11-17-58(43-60)70-3)62-40-55(49-15-8-5-9-16-49)38-57(42-62)51-26-22-46(2)23-27-51;1-45-21-25-49(26-22-45)57-37-55(47-13-5-3-6-14-47)39-59(41-57)71(63-19-11-9-17-53(63)43-69)65-35-31-51-30-34-62-66(36-32-52-29-33-61(65)67(51)68(52)62)72(64-20-12-10-18-54(64)44-70)60-40-56(48-15-7-4-8-16-48)38-58(42-60)50-27-23-46(2)24-28-50/h4-43H,1-2H3;3-42H,1-2H3. The second kappa shape index (κ2) is 38.1. The predicted octanol–water partition coefficient (Wildman–Crippen LogP) is 37.8. The molecule has 24 rings (SSSR count). The van der Waals surface area contributed by atoms with Gasteiger partial charge in [-0.1, -0.05) is 356 Å². The molecule has 0 saturated heterocycles. The van der Waals surface area contributed by atoms with Gasteiger partial charge in [0.15, 0.2) is 5.69 Å². The summed E-state index contributed by atoms with van der Waals surface area (Å²) in [5.41, 5.74) is 35.8. The lowest BCUT2D eigenvalue weighted by molar-refractivity contribution is 1.28. The zero-order valence-electron chi connectivity index (χ0n) is 79.8. The Morgan fingerprint density at radius 1 is 0.188 bits per heavy atom. The van der Waals surface area contributed by atoms with Gasteiger partial charge in [-0.05, 0) is 311 Å². The first kappa shape index (κ1) is 88.5. The Bertz CT molecular complexity index is 8680. The summed E-state index contributed by atoms with van der Waals surface area (Å²) >= 11 is 0. The van der Waals surface area contributed by atoms with Crippen molar-refractivity contribution in [1.29, 1.82) is 15.8 Å². The number of hydrogen-bond donors (Lipinski definition) is 0. The number of aryl methyl sites for hydroxylation is 4. The molecule has 8 heteroatoms. The molecule has 0 N–H and O–H groups in total. The van der Waals surface area contributed by atoms with E-state index in [-0.39, 0.29) is 0 Å². The lowest BCUT2D eigenvalue weighted by atomic mass is 9.91. The molecule has 24 aromatic rings. The molecule has 0 heterocycles. The van der Waals surface area contributed by atoms with E-state index in [2.05, 4.69) is 459 Å². The lowest BCUT2D eigenvalue weighted by Gasteiger charge is -2.31. The summed E-state index contributed by atoms with van der Waals surface area (Å²) in [5.74, 6) is 0. The molecule has 0 aromatic heterocycles. The molecular weight excluding hydrogens is 1750 g/mol. The highest BCUT2D eigenvalue weighted by Gasteiger charge is 2.30. The molecule has 0 fully saturated rings. The molecule has 0 amide bonds. The molecule has 0 bridgehead atoms. The Labute approximate surface area is 838 Å². The molecule has 24 aromatic carbocycles. The number of para-hydroxylation sites is 2. The molecule has 0 atom stereocenters. The Balaban J connectivity index is 0.000000159. The van der Waals surface area contributed by atoms with Gasteiger partial charge in [0.2, 0.25) is 0 Å². The zero-order valence-corrected chi connectivity index (χ0v) is 79.8. The summed E-state index contributed by atoms with van der Waals surface area (Å²) in [6.45, 7) is 16.5. The van der Waals surface area contributed by atoms with Crippen LogP contribution in [0.3, 0.4) is 0 Å². The second-order valence-corrected chi connectivity index (χ2v) is 37.1. The first-order valence-electron chi connectivity index (χ1n) is 48.5. The van der Waals surface area contributed by atoms with Gasteiger partial charge in [0.25, 0.3) is 0 Å². The summed E-state index contributed by atoms with van der Waals surface area (Å²) in [6, 6.07) is 179. The maximum Gasteiger partial charge on any atom is 0.189 e. The van der Waals surface area contributed by atoms with Gasteiger partial charge in [0.05, 0.1) is 63.5 Å². The third-order valence-corrected chi connectivity index (χ3v) is 27.9. The van der Waals surface area contributed by atoms with Crippen LogP contribution in [0.15, 0.2) is 485 Å². The number of nitrogens with zero attached hydrogens (tertiary/aromatic N) is 8. The van der Waals surface area contributed by atoms with E-state index in [1.165, 1.54) is 22.3 Å². The van der Waals surface area contributed by atoms with Gasteiger partial charge in [0, 0.05) is 55.7 Å². The van der Waals surface area contributed by atoms with Crippen molar-refractivity contribution in [3.8, 4) is 107 Å². The number of benzene rings is 24. The molecule has 676 valence electrons. The van der Waals surface area contributed by atoms with Crippen molar-refractivity contribution in [3.05, 3.63) is 536 Å². The molecule has 8 nitrogen and oxygen atoms in total. The second-order valence-electron chi connectivity index (χ2n) is 37.1. The minimum atomic E-state index is 0.570. The van der Waals surface area contributed by atoms with E-state index in [4.69, 9.17) is 6.57 Å². The van der Waals surface area contributed by atoms with Crippen LogP contribution < -0.4 is 19.6 Å². The molecule has 0 unspecified atom stereocenters. The minimum Gasteiger partial charge on any atom is -0.311 e. The van der Waals surface area contributed by atoms with Crippen LogP contribution in [-0.4, -0.2) is 0 Å². The fourth-order valence-electron chi connectivity index (χ4n) is 20.7. The van der Waals surface area contributed by atoms with Gasteiger partial charge >= 0.3 is 0 Å². The summed E-state index contributed by atoms with van der Waals surface area (Å²) < 4.78 is 0. The summed E-state index contributed by atoms with van der Waals surface area (Å²) in [7, 11) is 0. The van der Waals surface area contributed by atoms with E-state index >= 15 is 0 Å². The van der Waals surface area contributed by atoms with Crippen molar-refractivity contribution < 1.29 is 0 Å². The number of rotatable bonds is 20. The van der Waals surface area contributed by atoms with Gasteiger partial charge in [-0.15, -0.1) is 0 Å². The van der Waals surface area contributed by atoms with Gasteiger partial charge in [-0.2, -0.15) is 15.8 Å². The van der Waals surface area contributed by atoms with E-state index in [0.29, 0.717) is 22.4 Å². The van der Waals surface area contributed by atoms with Crippen molar-refractivity contribution in [2.75, 3.05) is 19.6 Å². The molecule has 0 aliphatic carbocycles. The van der Waals surface area contributed by atoms with Crippen LogP contribution in [-0.2, 0) is 0 Å². The topological polar surface area (TPSA) is 88.7 Å². The van der Waals surface area contributed by atoms with Gasteiger partial charge < -0.3 is 19.6 Å². The van der Waals surface area contributed by atoms with Crippen molar-refractivity contribution in [3.63, 3.8) is 0 Å².